The Labute approximate surface area is 192 Å². The first-order chi connectivity index (χ1) is 14.2. The van der Waals surface area contributed by atoms with Crippen LogP contribution in [0.2, 0.25) is 0 Å². The van der Waals surface area contributed by atoms with E-state index in [2.05, 4.69) is 72.8 Å². The maximum atomic E-state index is 5.39. The van der Waals surface area contributed by atoms with Gasteiger partial charge in [-0.2, -0.15) is 0 Å². The van der Waals surface area contributed by atoms with Crippen molar-refractivity contribution in [1.29, 1.82) is 0 Å². The van der Waals surface area contributed by atoms with Crippen LogP contribution < -0.4 is 0 Å². The first kappa shape index (κ1) is 24.3. The van der Waals surface area contributed by atoms with E-state index in [9.17, 15) is 0 Å². The molecule has 4 rings (SSSR count). The van der Waals surface area contributed by atoms with Crippen molar-refractivity contribution in [3.05, 3.63) is 83.9 Å². The van der Waals surface area contributed by atoms with Crippen LogP contribution in [-0.4, -0.2) is 13.2 Å². The van der Waals surface area contributed by atoms with Gasteiger partial charge in [0, 0.05) is 26.4 Å². The van der Waals surface area contributed by atoms with Crippen LogP contribution in [0.4, 0.5) is 0 Å². The van der Waals surface area contributed by atoms with Crippen molar-refractivity contribution >= 4 is 38.6 Å². The zero-order valence-electron chi connectivity index (χ0n) is 16.8. The number of hydrogen-bond donors (Lipinski definition) is 0. The molecule has 0 aliphatic rings. The van der Waals surface area contributed by atoms with Crippen LogP contribution in [0.5, 0.6) is 0 Å². The van der Waals surface area contributed by atoms with E-state index >= 15 is 0 Å². The Balaban J connectivity index is 0.000000183. The van der Waals surface area contributed by atoms with Crippen molar-refractivity contribution in [3.8, 4) is 0 Å². The van der Waals surface area contributed by atoms with Crippen LogP contribution >= 0.6 is 17.0 Å². The molecule has 4 aromatic carbocycles. The Bertz CT molecular complexity index is 884. The molecule has 0 bridgehead atoms. The molecule has 0 heterocycles. The zero-order valence-corrected chi connectivity index (χ0v) is 20.8. The predicted molar refractivity (Wildman–Crippen MR) is 121 cm³/mol. The molecule has 152 valence electrons. The summed E-state index contributed by atoms with van der Waals surface area (Å²) >= 11 is -0.826. The van der Waals surface area contributed by atoms with Crippen molar-refractivity contribution < 1.29 is 30.3 Å². The molecular weight excluding hydrogens is 482 g/mol. The Hall–Kier alpha value is -0.957. The summed E-state index contributed by atoms with van der Waals surface area (Å²) in [6.45, 7) is 7.04. The number of rotatable bonds is 6. The van der Waals surface area contributed by atoms with Gasteiger partial charge in [0.1, 0.15) is 0 Å². The second-order valence-corrected chi connectivity index (χ2v) is 9.97. The normalized spacial score (nSPS) is 10.1. The Morgan fingerprint density at radius 2 is 1.10 bits per heavy atom. The molecule has 0 amide bonds. The molecule has 2 nitrogen and oxygen atoms in total. The van der Waals surface area contributed by atoms with Gasteiger partial charge >= 0.3 is 37.9 Å². The summed E-state index contributed by atoms with van der Waals surface area (Å²) in [4.78, 5) is 0. The molecule has 0 atom stereocenters. The van der Waals surface area contributed by atoms with E-state index in [0.717, 1.165) is 26.4 Å². The molecular formula is C24H26Cl2O2Zr. The third-order valence-corrected chi connectivity index (χ3v) is 4.47. The zero-order chi connectivity index (χ0) is 20.9. The fourth-order valence-electron chi connectivity index (χ4n) is 3.11. The van der Waals surface area contributed by atoms with Crippen molar-refractivity contribution in [2.75, 3.05) is 13.2 Å². The molecule has 0 aromatic heterocycles. The van der Waals surface area contributed by atoms with E-state index in [-0.39, 0.29) is 0 Å². The molecule has 0 unspecified atom stereocenters. The Morgan fingerprint density at radius 3 is 1.48 bits per heavy atom. The topological polar surface area (TPSA) is 18.5 Å². The summed E-state index contributed by atoms with van der Waals surface area (Å²) < 4.78 is 10.8. The molecule has 0 saturated carbocycles. The third kappa shape index (κ3) is 7.66. The first-order valence-electron chi connectivity index (χ1n) is 9.63. The standard InChI is InChI=1S/2C12H13O.2ClH.Zr/c2*1-2-13-9-11-8-7-10-5-3-4-6-12(10)11;;;/h2*3-8H,2,9H2,1H3;2*1H;/q2*-1;;;+4/p-2. The molecule has 0 radical (unpaired) electrons. The summed E-state index contributed by atoms with van der Waals surface area (Å²) in [7, 11) is 9.87. The monoisotopic (exact) mass is 506 g/mol. The van der Waals surface area contributed by atoms with E-state index in [1.165, 1.54) is 32.7 Å². The maximum absolute atomic E-state index is 5.39. The molecule has 0 saturated heterocycles. The summed E-state index contributed by atoms with van der Waals surface area (Å²) in [5.74, 6) is 0. The number of hydrogen-bond acceptors (Lipinski definition) is 2. The van der Waals surface area contributed by atoms with Gasteiger partial charge in [0.2, 0.25) is 0 Å². The summed E-state index contributed by atoms with van der Waals surface area (Å²) in [6.07, 6.45) is 0. The van der Waals surface area contributed by atoms with E-state index < -0.39 is 20.8 Å². The van der Waals surface area contributed by atoms with Crippen molar-refractivity contribution in [2.24, 2.45) is 0 Å². The predicted octanol–water partition coefficient (Wildman–Crippen LogP) is 7.57. The quantitative estimate of drug-likeness (QED) is 0.250. The molecule has 0 N–H and O–H groups in total. The minimum atomic E-state index is -0.826. The van der Waals surface area contributed by atoms with E-state index in [1.807, 2.05) is 13.8 Å². The van der Waals surface area contributed by atoms with Gasteiger partial charge in [-0.1, -0.05) is 12.1 Å². The van der Waals surface area contributed by atoms with Gasteiger partial charge in [0.25, 0.3) is 0 Å². The number of halogens is 2. The molecule has 0 spiro atoms. The van der Waals surface area contributed by atoms with Gasteiger partial charge in [-0.15, -0.1) is 93.3 Å². The summed E-state index contributed by atoms with van der Waals surface area (Å²) in [5.41, 5.74) is 2.58. The van der Waals surface area contributed by atoms with E-state index in [4.69, 9.17) is 26.5 Å². The van der Waals surface area contributed by atoms with E-state index in [1.54, 1.807) is 0 Å². The molecule has 4 aromatic rings. The second-order valence-electron chi connectivity index (χ2n) is 6.24. The Kier molecular flexibility index (Phi) is 11.8. The van der Waals surface area contributed by atoms with Gasteiger partial charge in [-0.05, 0) is 13.8 Å². The third-order valence-electron chi connectivity index (χ3n) is 4.47. The molecule has 29 heavy (non-hydrogen) atoms. The van der Waals surface area contributed by atoms with Crippen LogP contribution in [0.25, 0.3) is 21.5 Å². The SMILES string of the molecule is CCOCc1c[cH-]c2ccccc12.CCOCc1c[cH-]c2ccccc12.[Cl][Zr+2][Cl]. The van der Waals surface area contributed by atoms with E-state index in [0.29, 0.717) is 0 Å². The van der Waals surface area contributed by atoms with Gasteiger partial charge in [0.05, 0.1) is 0 Å². The van der Waals surface area contributed by atoms with Crippen LogP contribution in [0, 0.1) is 0 Å². The van der Waals surface area contributed by atoms with Crippen LogP contribution in [0.3, 0.4) is 0 Å². The van der Waals surface area contributed by atoms with Crippen LogP contribution in [-0.2, 0) is 43.5 Å². The molecule has 0 aliphatic heterocycles. The number of fused-ring (bicyclic) bond motifs is 2. The average molecular weight is 509 g/mol. The summed E-state index contributed by atoms with van der Waals surface area (Å²) in [6, 6.07) is 25.4. The molecule has 0 aliphatic carbocycles. The average Bonchev–Trinajstić information content (AvgIpc) is 3.36. The van der Waals surface area contributed by atoms with Gasteiger partial charge in [-0.3, -0.25) is 0 Å². The minimum absolute atomic E-state index is 0.726. The van der Waals surface area contributed by atoms with Crippen molar-refractivity contribution in [2.45, 2.75) is 27.1 Å². The van der Waals surface area contributed by atoms with Gasteiger partial charge < -0.3 is 9.47 Å². The fourth-order valence-corrected chi connectivity index (χ4v) is 3.11. The van der Waals surface area contributed by atoms with Crippen molar-refractivity contribution in [1.82, 2.24) is 0 Å². The summed E-state index contributed by atoms with van der Waals surface area (Å²) in [5, 5.41) is 5.24. The molecule has 5 heteroatoms. The fraction of sp³-hybridized carbons (Fsp3) is 0.250. The molecule has 0 fully saturated rings. The van der Waals surface area contributed by atoms with Gasteiger partial charge in [-0.25, -0.2) is 0 Å². The Morgan fingerprint density at radius 1 is 0.724 bits per heavy atom. The van der Waals surface area contributed by atoms with Crippen molar-refractivity contribution in [3.63, 3.8) is 0 Å². The first-order valence-corrected chi connectivity index (χ1v) is 16.0. The van der Waals surface area contributed by atoms with Gasteiger partial charge in [0.15, 0.2) is 0 Å². The second kappa shape index (κ2) is 14.1. The van der Waals surface area contributed by atoms with Crippen LogP contribution in [0.15, 0.2) is 72.8 Å². The number of ether oxygens (including phenoxy) is 2. The van der Waals surface area contributed by atoms with Crippen LogP contribution in [0.1, 0.15) is 25.0 Å². The number of benzene rings is 2.